The molecule has 0 amide bonds. The van der Waals surface area contributed by atoms with Crippen LogP contribution in [0.15, 0.2) is 0 Å². The zero-order chi connectivity index (χ0) is 13.6. The molecule has 0 aliphatic carbocycles. The summed E-state index contributed by atoms with van der Waals surface area (Å²) in [6.07, 6.45) is 9.27. The molecule has 0 aliphatic heterocycles. The van der Waals surface area contributed by atoms with Crippen LogP contribution in [0, 0.1) is 5.92 Å². The molecule has 0 aromatic rings. The van der Waals surface area contributed by atoms with Crippen molar-refractivity contribution >= 4 is 0 Å². The Morgan fingerprint density at radius 2 is 1.39 bits per heavy atom. The topological polar surface area (TPSA) is 21.3 Å². The predicted molar refractivity (Wildman–Crippen MR) is 81.1 cm³/mol. The van der Waals surface area contributed by atoms with Gasteiger partial charge in [-0.1, -0.05) is 59.8 Å². The molecule has 0 rings (SSSR count). The molecule has 0 bridgehead atoms. The largest absolute Gasteiger partial charge is 0.381 e. The first kappa shape index (κ1) is 17.9. The number of hydrogen-bond donors (Lipinski definition) is 1. The lowest BCUT2D eigenvalue weighted by Gasteiger charge is -2.08. The minimum atomic E-state index is 0.593. The van der Waals surface area contributed by atoms with E-state index in [4.69, 9.17) is 4.74 Å². The lowest BCUT2D eigenvalue weighted by molar-refractivity contribution is 0.127. The van der Waals surface area contributed by atoms with E-state index in [-0.39, 0.29) is 0 Å². The number of hydrogen-bond acceptors (Lipinski definition) is 2. The van der Waals surface area contributed by atoms with E-state index in [1.807, 2.05) is 0 Å². The van der Waals surface area contributed by atoms with E-state index in [1.165, 1.54) is 38.5 Å². The van der Waals surface area contributed by atoms with Gasteiger partial charge in [-0.3, -0.25) is 0 Å². The van der Waals surface area contributed by atoms with Crippen LogP contribution in [0.25, 0.3) is 0 Å². The van der Waals surface area contributed by atoms with Gasteiger partial charge in [0.1, 0.15) is 0 Å². The third-order valence-corrected chi connectivity index (χ3v) is 3.09. The summed E-state index contributed by atoms with van der Waals surface area (Å²) in [6, 6.07) is 0.593. The maximum absolute atomic E-state index is 5.62. The van der Waals surface area contributed by atoms with Crippen molar-refractivity contribution in [3.8, 4) is 0 Å². The Morgan fingerprint density at radius 3 is 2.06 bits per heavy atom. The minimum Gasteiger partial charge on any atom is -0.381 e. The highest BCUT2D eigenvalue weighted by molar-refractivity contribution is 4.52. The van der Waals surface area contributed by atoms with Gasteiger partial charge in [0.05, 0.1) is 0 Å². The molecule has 18 heavy (non-hydrogen) atoms. The van der Waals surface area contributed by atoms with Crippen molar-refractivity contribution in [3.63, 3.8) is 0 Å². The molecule has 2 nitrogen and oxygen atoms in total. The smallest absolute Gasteiger partial charge is 0.0478 e. The molecule has 0 unspecified atom stereocenters. The summed E-state index contributed by atoms with van der Waals surface area (Å²) < 4.78 is 5.62. The molecule has 1 N–H and O–H groups in total. The Kier molecular flexibility index (Phi) is 13.3. The molecule has 0 spiro atoms. The highest BCUT2D eigenvalue weighted by atomic mass is 16.5. The Hall–Kier alpha value is -0.0800. The van der Waals surface area contributed by atoms with Crippen LogP contribution < -0.4 is 5.32 Å². The third kappa shape index (κ3) is 15.9. The molecule has 2 heteroatoms. The predicted octanol–water partition coefficient (Wildman–Crippen LogP) is 4.39. The number of ether oxygens (including phenoxy) is 1. The molecule has 0 heterocycles. The van der Waals surface area contributed by atoms with Crippen LogP contribution in [0.4, 0.5) is 0 Å². The zero-order valence-corrected chi connectivity index (χ0v) is 13.1. The van der Waals surface area contributed by atoms with Gasteiger partial charge in [0, 0.05) is 19.3 Å². The van der Waals surface area contributed by atoms with Gasteiger partial charge in [-0.2, -0.15) is 0 Å². The molecule has 110 valence electrons. The van der Waals surface area contributed by atoms with Crippen molar-refractivity contribution < 1.29 is 4.74 Å². The molecular formula is C16H35NO. The Morgan fingerprint density at radius 1 is 0.778 bits per heavy atom. The molecule has 0 radical (unpaired) electrons. The first-order valence-corrected chi connectivity index (χ1v) is 7.94. The lowest BCUT2D eigenvalue weighted by Crippen LogP contribution is -2.24. The molecular weight excluding hydrogens is 222 g/mol. The zero-order valence-electron chi connectivity index (χ0n) is 13.1. The number of rotatable bonds is 13. The van der Waals surface area contributed by atoms with Crippen molar-refractivity contribution in [2.24, 2.45) is 5.92 Å². The van der Waals surface area contributed by atoms with Crippen LogP contribution in [0.3, 0.4) is 0 Å². The fourth-order valence-electron chi connectivity index (χ4n) is 1.95. The van der Waals surface area contributed by atoms with E-state index >= 15 is 0 Å². The van der Waals surface area contributed by atoms with Crippen molar-refractivity contribution in [1.82, 2.24) is 5.32 Å². The third-order valence-electron chi connectivity index (χ3n) is 3.09. The van der Waals surface area contributed by atoms with Gasteiger partial charge in [-0.15, -0.1) is 0 Å². The van der Waals surface area contributed by atoms with Gasteiger partial charge in [0.15, 0.2) is 0 Å². The molecule has 0 atom stereocenters. The molecule has 0 aliphatic rings. The van der Waals surface area contributed by atoms with Crippen molar-refractivity contribution in [2.45, 2.75) is 78.7 Å². The highest BCUT2D eigenvalue weighted by Crippen LogP contribution is 2.10. The van der Waals surface area contributed by atoms with Crippen molar-refractivity contribution in [1.29, 1.82) is 0 Å². The van der Waals surface area contributed by atoms with Gasteiger partial charge >= 0.3 is 0 Å². The average Bonchev–Trinajstić information content (AvgIpc) is 2.29. The van der Waals surface area contributed by atoms with Crippen LogP contribution in [-0.2, 0) is 4.74 Å². The average molecular weight is 257 g/mol. The minimum absolute atomic E-state index is 0.593. The Balaban J connectivity index is 2.95. The number of nitrogens with one attached hydrogen (secondary N) is 1. The van der Waals surface area contributed by atoms with E-state index in [9.17, 15) is 0 Å². The maximum atomic E-state index is 5.62. The first-order valence-electron chi connectivity index (χ1n) is 7.94. The summed E-state index contributed by atoms with van der Waals surface area (Å²) >= 11 is 0. The molecule has 0 saturated heterocycles. The lowest BCUT2D eigenvalue weighted by atomic mass is 10.0. The van der Waals surface area contributed by atoms with Gasteiger partial charge < -0.3 is 10.1 Å². The Bertz CT molecular complexity index is 139. The highest BCUT2D eigenvalue weighted by Gasteiger charge is 1.95. The monoisotopic (exact) mass is 257 g/mol. The Labute approximate surface area is 115 Å². The van der Waals surface area contributed by atoms with Crippen LogP contribution in [0.5, 0.6) is 0 Å². The van der Waals surface area contributed by atoms with E-state index in [1.54, 1.807) is 0 Å². The van der Waals surface area contributed by atoms with Gasteiger partial charge in [0.25, 0.3) is 0 Å². The second-order valence-corrected chi connectivity index (χ2v) is 6.03. The van der Waals surface area contributed by atoms with Crippen LogP contribution in [0.1, 0.15) is 72.6 Å². The first-order chi connectivity index (χ1) is 8.63. The fourth-order valence-corrected chi connectivity index (χ4v) is 1.95. The van der Waals surface area contributed by atoms with Crippen LogP contribution >= 0.6 is 0 Å². The van der Waals surface area contributed by atoms with Crippen molar-refractivity contribution in [3.05, 3.63) is 0 Å². The standard InChI is InChI=1S/C16H35NO/c1-15(2)11-8-6-5-7-9-13-18-14-10-12-17-16(3)4/h15-17H,5-14H2,1-4H3. The SMILES string of the molecule is CC(C)CCCCCCCOCCCNC(C)C. The molecule has 0 aromatic carbocycles. The number of unbranched alkanes of at least 4 members (excludes halogenated alkanes) is 4. The van der Waals surface area contributed by atoms with Crippen molar-refractivity contribution in [2.75, 3.05) is 19.8 Å². The molecule has 0 saturated carbocycles. The summed E-state index contributed by atoms with van der Waals surface area (Å²) in [5.41, 5.74) is 0. The summed E-state index contributed by atoms with van der Waals surface area (Å²) in [7, 11) is 0. The normalized spacial score (nSPS) is 11.7. The second-order valence-electron chi connectivity index (χ2n) is 6.03. The van der Waals surface area contributed by atoms with E-state index in [0.29, 0.717) is 6.04 Å². The summed E-state index contributed by atoms with van der Waals surface area (Å²) in [5.74, 6) is 0.868. The summed E-state index contributed by atoms with van der Waals surface area (Å²) in [4.78, 5) is 0. The van der Waals surface area contributed by atoms with E-state index in [2.05, 4.69) is 33.0 Å². The molecule has 0 fully saturated rings. The summed E-state index contributed by atoms with van der Waals surface area (Å²) in [5, 5.41) is 3.40. The fraction of sp³-hybridized carbons (Fsp3) is 1.00. The van der Waals surface area contributed by atoms with Gasteiger partial charge in [-0.25, -0.2) is 0 Å². The quantitative estimate of drug-likeness (QED) is 0.494. The van der Waals surface area contributed by atoms with E-state index < -0.39 is 0 Å². The van der Waals surface area contributed by atoms with Crippen LogP contribution in [-0.4, -0.2) is 25.8 Å². The van der Waals surface area contributed by atoms with Gasteiger partial charge in [0.2, 0.25) is 0 Å². The van der Waals surface area contributed by atoms with Gasteiger partial charge in [-0.05, 0) is 25.3 Å². The summed E-state index contributed by atoms with van der Waals surface area (Å²) in [6.45, 7) is 11.9. The maximum Gasteiger partial charge on any atom is 0.0478 e. The molecule has 0 aromatic heterocycles. The van der Waals surface area contributed by atoms with E-state index in [0.717, 1.165) is 32.1 Å². The van der Waals surface area contributed by atoms with Crippen LogP contribution in [0.2, 0.25) is 0 Å². The second kappa shape index (κ2) is 13.4.